The van der Waals surface area contributed by atoms with Crippen LogP contribution in [0.3, 0.4) is 0 Å². The predicted molar refractivity (Wildman–Crippen MR) is 70.0 cm³/mol. The Hall–Kier alpha value is -1.16. The lowest BCUT2D eigenvalue weighted by Gasteiger charge is -2.21. The average Bonchev–Trinajstić information content (AvgIpc) is 3.01. The molecule has 4 heteroatoms. The molecule has 0 aliphatic heterocycles. The second-order valence-corrected chi connectivity index (χ2v) is 5.85. The van der Waals surface area contributed by atoms with Crippen molar-refractivity contribution in [2.75, 3.05) is 5.32 Å². The van der Waals surface area contributed by atoms with Crippen molar-refractivity contribution in [2.45, 2.75) is 58.7 Å². The predicted octanol–water partition coefficient (Wildman–Crippen LogP) is 2.25. The summed E-state index contributed by atoms with van der Waals surface area (Å²) in [6.45, 7) is 9.32. The number of nitrogens with zero attached hydrogens (tertiary/aromatic N) is 2. The summed E-state index contributed by atoms with van der Waals surface area (Å²) in [5.41, 5.74) is 2.34. The van der Waals surface area contributed by atoms with Crippen LogP contribution in [0.5, 0.6) is 0 Å². The van der Waals surface area contributed by atoms with Crippen molar-refractivity contribution in [2.24, 2.45) is 0 Å². The summed E-state index contributed by atoms with van der Waals surface area (Å²) in [5.74, 6) is 0.767. The van der Waals surface area contributed by atoms with Gasteiger partial charge in [0.2, 0.25) is 5.95 Å². The third kappa shape index (κ3) is 3.97. The highest BCUT2D eigenvalue weighted by Crippen LogP contribution is 2.23. The zero-order valence-corrected chi connectivity index (χ0v) is 11.2. The van der Waals surface area contributed by atoms with Gasteiger partial charge in [0.25, 0.3) is 0 Å². The summed E-state index contributed by atoms with van der Waals surface area (Å²) >= 11 is 0. The van der Waals surface area contributed by atoms with E-state index in [0.29, 0.717) is 6.04 Å². The molecule has 4 nitrogen and oxygen atoms in total. The monoisotopic (exact) mass is 234 g/mol. The first-order valence-corrected chi connectivity index (χ1v) is 6.28. The van der Waals surface area contributed by atoms with Gasteiger partial charge in [-0.15, -0.1) is 0 Å². The molecule has 0 atom stereocenters. The lowest BCUT2D eigenvalue weighted by atomic mass is 10.1. The Bertz CT molecular complexity index is 391. The van der Waals surface area contributed by atoms with Crippen molar-refractivity contribution < 1.29 is 0 Å². The third-order valence-corrected chi connectivity index (χ3v) is 2.77. The molecule has 1 aliphatic rings. The summed E-state index contributed by atoms with van der Waals surface area (Å²) in [4.78, 5) is 8.88. The van der Waals surface area contributed by atoms with Crippen LogP contribution in [0.4, 0.5) is 5.95 Å². The van der Waals surface area contributed by atoms with E-state index in [1.165, 1.54) is 12.8 Å². The number of aromatic nitrogens is 2. The molecular formula is C13H22N4. The van der Waals surface area contributed by atoms with Crippen LogP contribution in [0.1, 0.15) is 44.9 Å². The fourth-order valence-corrected chi connectivity index (χ4v) is 1.48. The third-order valence-electron chi connectivity index (χ3n) is 2.77. The smallest absolute Gasteiger partial charge is 0.223 e. The Morgan fingerprint density at radius 3 is 2.65 bits per heavy atom. The van der Waals surface area contributed by atoms with Crippen molar-refractivity contribution in [1.29, 1.82) is 0 Å². The Labute approximate surface area is 103 Å². The number of rotatable bonds is 4. The maximum atomic E-state index is 4.57. The van der Waals surface area contributed by atoms with Gasteiger partial charge in [0.15, 0.2) is 0 Å². The minimum absolute atomic E-state index is 0.113. The van der Waals surface area contributed by atoms with Crippen molar-refractivity contribution >= 4 is 5.95 Å². The molecule has 0 amide bonds. The van der Waals surface area contributed by atoms with Gasteiger partial charge in [-0.2, -0.15) is 0 Å². The maximum absolute atomic E-state index is 4.57. The van der Waals surface area contributed by atoms with Crippen LogP contribution in [0.25, 0.3) is 0 Å². The van der Waals surface area contributed by atoms with Crippen LogP contribution in [0.15, 0.2) is 6.20 Å². The van der Waals surface area contributed by atoms with E-state index < -0.39 is 0 Å². The number of hydrogen-bond donors (Lipinski definition) is 2. The Kier molecular flexibility index (Phi) is 3.33. The molecule has 94 valence electrons. The van der Waals surface area contributed by atoms with Crippen molar-refractivity contribution in [3.63, 3.8) is 0 Å². The zero-order chi connectivity index (χ0) is 12.5. The van der Waals surface area contributed by atoms with E-state index in [1.54, 1.807) is 0 Å². The molecule has 1 fully saturated rings. The molecule has 2 N–H and O–H groups in total. The second kappa shape index (κ2) is 4.61. The van der Waals surface area contributed by atoms with Gasteiger partial charge in [-0.3, -0.25) is 0 Å². The number of nitrogens with one attached hydrogen (secondary N) is 2. The van der Waals surface area contributed by atoms with E-state index in [2.05, 4.69) is 48.3 Å². The van der Waals surface area contributed by atoms with Crippen LogP contribution in [-0.4, -0.2) is 21.5 Å². The molecule has 0 aromatic carbocycles. The number of aryl methyl sites for hydroxylation is 1. The minimum Gasteiger partial charge on any atom is -0.351 e. The Morgan fingerprint density at radius 2 is 2.06 bits per heavy atom. The molecule has 1 aromatic heterocycles. The second-order valence-electron chi connectivity index (χ2n) is 5.85. The van der Waals surface area contributed by atoms with Gasteiger partial charge in [0.1, 0.15) is 0 Å². The van der Waals surface area contributed by atoms with Crippen LogP contribution in [0, 0.1) is 6.92 Å². The highest BCUT2D eigenvalue weighted by Gasteiger charge is 2.22. The molecule has 0 spiro atoms. The van der Waals surface area contributed by atoms with Crippen LogP contribution in [-0.2, 0) is 6.54 Å². The minimum atomic E-state index is 0.113. The van der Waals surface area contributed by atoms with Crippen molar-refractivity contribution in [1.82, 2.24) is 15.3 Å². The first-order chi connectivity index (χ1) is 7.94. The highest BCUT2D eigenvalue weighted by atomic mass is 15.1. The van der Waals surface area contributed by atoms with Gasteiger partial charge < -0.3 is 10.6 Å². The van der Waals surface area contributed by atoms with Gasteiger partial charge in [-0.25, -0.2) is 9.97 Å². The van der Waals surface area contributed by atoms with E-state index in [0.717, 1.165) is 23.8 Å². The summed E-state index contributed by atoms with van der Waals surface area (Å²) in [6, 6.07) is 0.598. The average molecular weight is 234 g/mol. The maximum Gasteiger partial charge on any atom is 0.223 e. The van der Waals surface area contributed by atoms with Gasteiger partial charge >= 0.3 is 0 Å². The fraction of sp³-hybridized carbons (Fsp3) is 0.692. The SMILES string of the molecule is Cc1cnc(NC2CC2)nc1CNC(C)(C)C. The van der Waals surface area contributed by atoms with Crippen molar-refractivity contribution in [3.05, 3.63) is 17.5 Å². The Balaban J connectivity index is 2.03. The lowest BCUT2D eigenvalue weighted by molar-refractivity contribution is 0.420. The largest absolute Gasteiger partial charge is 0.351 e. The molecule has 0 saturated heterocycles. The van der Waals surface area contributed by atoms with E-state index in [4.69, 9.17) is 0 Å². The lowest BCUT2D eigenvalue weighted by Crippen LogP contribution is -2.35. The van der Waals surface area contributed by atoms with E-state index in [1.807, 2.05) is 6.20 Å². The molecule has 0 unspecified atom stereocenters. The summed E-state index contributed by atoms with van der Waals surface area (Å²) in [6.07, 6.45) is 4.39. The number of hydrogen-bond acceptors (Lipinski definition) is 4. The normalized spacial score (nSPS) is 16.0. The zero-order valence-electron chi connectivity index (χ0n) is 11.2. The molecule has 1 aromatic rings. The quantitative estimate of drug-likeness (QED) is 0.839. The molecule has 2 rings (SSSR count). The first kappa shape index (κ1) is 12.3. The van der Waals surface area contributed by atoms with Gasteiger partial charge in [0.05, 0.1) is 5.69 Å². The fourth-order valence-electron chi connectivity index (χ4n) is 1.48. The van der Waals surface area contributed by atoms with Gasteiger partial charge in [-0.05, 0) is 46.1 Å². The highest BCUT2D eigenvalue weighted by molar-refractivity contribution is 5.31. The van der Waals surface area contributed by atoms with E-state index in [9.17, 15) is 0 Å². The first-order valence-electron chi connectivity index (χ1n) is 6.28. The van der Waals surface area contributed by atoms with E-state index in [-0.39, 0.29) is 5.54 Å². The van der Waals surface area contributed by atoms with Crippen LogP contribution < -0.4 is 10.6 Å². The molecule has 17 heavy (non-hydrogen) atoms. The van der Waals surface area contributed by atoms with E-state index >= 15 is 0 Å². The summed E-state index contributed by atoms with van der Waals surface area (Å²) in [7, 11) is 0. The molecule has 1 aliphatic carbocycles. The van der Waals surface area contributed by atoms with Crippen LogP contribution >= 0.6 is 0 Å². The summed E-state index contributed by atoms with van der Waals surface area (Å²) < 4.78 is 0. The van der Waals surface area contributed by atoms with Crippen LogP contribution in [0.2, 0.25) is 0 Å². The van der Waals surface area contributed by atoms with Gasteiger partial charge in [0, 0.05) is 24.3 Å². The molecule has 1 heterocycles. The number of anilines is 1. The standard InChI is InChI=1S/C13H22N4/c1-9-7-14-12(16-10-5-6-10)17-11(9)8-15-13(2,3)4/h7,10,15H,5-6,8H2,1-4H3,(H,14,16,17). The van der Waals surface area contributed by atoms with Gasteiger partial charge in [-0.1, -0.05) is 0 Å². The summed E-state index contributed by atoms with van der Waals surface area (Å²) in [5, 5.41) is 6.79. The molecular weight excluding hydrogens is 212 g/mol. The van der Waals surface area contributed by atoms with Crippen molar-refractivity contribution in [3.8, 4) is 0 Å². The molecule has 0 radical (unpaired) electrons. The topological polar surface area (TPSA) is 49.8 Å². The Morgan fingerprint density at radius 1 is 1.35 bits per heavy atom. The molecule has 1 saturated carbocycles. The molecule has 0 bridgehead atoms.